The van der Waals surface area contributed by atoms with Crippen molar-refractivity contribution in [3.63, 3.8) is 0 Å². The summed E-state index contributed by atoms with van der Waals surface area (Å²) in [5.41, 5.74) is 3.42. The number of hydrogen-bond acceptors (Lipinski definition) is 6. The lowest BCUT2D eigenvalue weighted by atomic mass is 10.1. The maximum atomic E-state index is 13.4. The van der Waals surface area contributed by atoms with Gasteiger partial charge in [-0.2, -0.15) is 4.98 Å². The van der Waals surface area contributed by atoms with Crippen LogP contribution in [0.1, 0.15) is 30.3 Å². The summed E-state index contributed by atoms with van der Waals surface area (Å²) in [5, 5.41) is 9.37. The lowest BCUT2D eigenvalue weighted by Gasteiger charge is -2.11. The largest absolute Gasteiger partial charge is 0.440 e. The first kappa shape index (κ1) is 21.3. The van der Waals surface area contributed by atoms with Crippen LogP contribution in [0, 0.1) is 5.82 Å². The molecule has 0 saturated carbocycles. The van der Waals surface area contributed by atoms with Crippen LogP contribution in [-0.4, -0.2) is 21.2 Å². The first-order valence-electron chi connectivity index (χ1n) is 10.6. The van der Waals surface area contributed by atoms with E-state index in [-0.39, 0.29) is 11.7 Å². The Labute approximate surface area is 193 Å². The van der Waals surface area contributed by atoms with Crippen LogP contribution >= 0.6 is 0 Å². The van der Waals surface area contributed by atoms with E-state index in [4.69, 9.17) is 8.94 Å². The highest BCUT2D eigenvalue weighted by Crippen LogP contribution is 2.23. The number of nitrogens with one attached hydrogen (secondary N) is 2. The predicted molar refractivity (Wildman–Crippen MR) is 124 cm³/mol. The van der Waals surface area contributed by atoms with Gasteiger partial charge in [-0.05, 0) is 36.8 Å². The van der Waals surface area contributed by atoms with Crippen LogP contribution in [0.25, 0.3) is 22.5 Å². The SMILES string of the molecule is CC(NC(=O)Nc1ccc2nc(Cc3ccccc3)oc2c1)c1nc(-c2cccc(F)c2)no1. The summed E-state index contributed by atoms with van der Waals surface area (Å²) in [6, 6.07) is 20.0. The van der Waals surface area contributed by atoms with Gasteiger partial charge in [-0.3, -0.25) is 0 Å². The fourth-order valence-electron chi connectivity index (χ4n) is 3.48. The molecule has 0 fully saturated rings. The Bertz CT molecular complexity index is 1450. The molecule has 3 aromatic carbocycles. The fourth-order valence-corrected chi connectivity index (χ4v) is 3.48. The van der Waals surface area contributed by atoms with Gasteiger partial charge in [0.2, 0.25) is 11.7 Å². The Morgan fingerprint density at radius 1 is 1.03 bits per heavy atom. The third-order valence-corrected chi connectivity index (χ3v) is 5.13. The summed E-state index contributed by atoms with van der Waals surface area (Å²) in [6.45, 7) is 1.71. The Hall–Kier alpha value is -4.53. The fraction of sp³-hybridized carbons (Fsp3) is 0.120. The van der Waals surface area contributed by atoms with E-state index in [0.717, 1.165) is 5.56 Å². The maximum absolute atomic E-state index is 13.4. The van der Waals surface area contributed by atoms with Crippen molar-refractivity contribution in [3.8, 4) is 11.4 Å². The minimum Gasteiger partial charge on any atom is -0.440 e. The molecule has 5 rings (SSSR count). The number of carbonyl (C=O) groups excluding carboxylic acids is 1. The van der Waals surface area contributed by atoms with Crippen molar-refractivity contribution < 1.29 is 18.1 Å². The molecule has 0 aliphatic rings. The lowest BCUT2D eigenvalue weighted by Crippen LogP contribution is -2.31. The number of halogens is 1. The smallest absolute Gasteiger partial charge is 0.319 e. The Morgan fingerprint density at radius 2 is 1.88 bits per heavy atom. The molecule has 170 valence electrons. The molecule has 8 nitrogen and oxygen atoms in total. The monoisotopic (exact) mass is 457 g/mol. The molecular weight excluding hydrogens is 437 g/mol. The molecule has 2 aromatic heterocycles. The van der Waals surface area contributed by atoms with E-state index in [1.54, 1.807) is 37.3 Å². The molecule has 0 radical (unpaired) electrons. The standard InChI is InChI=1S/C25H20FN5O3/c1-15(24-30-23(31-34-24)17-8-5-9-18(26)13-17)27-25(32)28-19-10-11-20-21(14-19)33-22(29-20)12-16-6-3-2-4-7-16/h2-11,13-15H,12H2,1H3,(H2,27,28,32). The molecule has 0 aliphatic heterocycles. The zero-order valence-electron chi connectivity index (χ0n) is 18.2. The van der Waals surface area contributed by atoms with Gasteiger partial charge < -0.3 is 19.6 Å². The Kier molecular flexibility index (Phi) is 5.73. The summed E-state index contributed by atoms with van der Waals surface area (Å²) in [7, 11) is 0. The maximum Gasteiger partial charge on any atom is 0.319 e. The number of amides is 2. The third kappa shape index (κ3) is 4.78. The topological polar surface area (TPSA) is 106 Å². The van der Waals surface area contributed by atoms with Gasteiger partial charge in [0, 0.05) is 23.7 Å². The van der Waals surface area contributed by atoms with Gasteiger partial charge in [-0.25, -0.2) is 14.2 Å². The number of anilines is 1. The molecule has 2 amide bonds. The van der Waals surface area contributed by atoms with Gasteiger partial charge in [0.1, 0.15) is 17.4 Å². The number of rotatable bonds is 6. The molecule has 5 aromatic rings. The number of carbonyl (C=O) groups is 1. The normalized spacial score (nSPS) is 11.9. The van der Waals surface area contributed by atoms with E-state index >= 15 is 0 Å². The second kappa shape index (κ2) is 9.14. The number of benzene rings is 3. The third-order valence-electron chi connectivity index (χ3n) is 5.13. The van der Waals surface area contributed by atoms with Crippen LogP contribution in [0.2, 0.25) is 0 Å². The minimum atomic E-state index is -0.568. The number of urea groups is 1. The Balaban J connectivity index is 1.23. The van der Waals surface area contributed by atoms with Gasteiger partial charge in [0.25, 0.3) is 0 Å². The van der Waals surface area contributed by atoms with Crippen molar-refractivity contribution in [3.05, 3.63) is 96.0 Å². The quantitative estimate of drug-likeness (QED) is 0.349. The number of hydrogen-bond donors (Lipinski definition) is 2. The van der Waals surface area contributed by atoms with Crippen LogP contribution < -0.4 is 10.6 Å². The molecule has 0 bridgehead atoms. The average Bonchev–Trinajstić information content (AvgIpc) is 3.46. The van der Waals surface area contributed by atoms with Crippen molar-refractivity contribution in [1.82, 2.24) is 20.4 Å². The van der Waals surface area contributed by atoms with Crippen molar-refractivity contribution in [1.29, 1.82) is 0 Å². The van der Waals surface area contributed by atoms with Gasteiger partial charge in [-0.15, -0.1) is 0 Å². The van der Waals surface area contributed by atoms with E-state index in [2.05, 4.69) is 25.8 Å². The molecule has 9 heteroatoms. The van der Waals surface area contributed by atoms with Crippen LogP contribution in [0.3, 0.4) is 0 Å². The van der Waals surface area contributed by atoms with Gasteiger partial charge in [0.05, 0.1) is 0 Å². The van der Waals surface area contributed by atoms with Crippen LogP contribution in [0.5, 0.6) is 0 Å². The van der Waals surface area contributed by atoms with Crippen molar-refractivity contribution in [2.75, 3.05) is 5.32 Å². The van der Waals surface area contributed by atoms with E-state index < -0.39 is 17.9 Å². The lowest BCUT2D eigenvalue weighted by molar-refractivity contribution is 0.245. The molecule has 34 heavy (non-hydrogen) atoms. The molecular formula is C25H20FN5O3. The number of oxazole rings is 1. The van der Waals surface area contributed by atoms with Crippen molar-refractivity contribution in [2.24, 2.45) is 0 Å². The molecule has 1 unspecified atom stereocenters. The summed E-state index contributed by atoms with van der Waals surface area (Å²) in [5.74, 6) is 0.642. The second-order valence-electron chi connectivity index (χ2n) is 7.74. The van der Waals surface area contributed by atoms with Gasteiger partial charge in [-0.1, -0.05) is 47.6 Å². The first-order valence-corrected chi connectivity index (χ1v) is 10.6. The number of nitrogens with zero attached hydrogens (tertiary/aromatic N) is 3. The van der Waals surface area contributed by atoms with Crippen LogP contribution in [0.15, 0.2) is 81.7 Å². The number of fused-ring (bicyclic) bond motifs is 1. The minimum absolute atomic E-state index is 0.200. The highest BCUT2D eigenvalue weighted by atomic mass is 19.1. The number of aromatic nitrogens is 3. The van der Waals surface area contributed by atoms with Crippen LogP contribution in [0.4, 0.5) is 14.9 Å². The molecule has 0 aliphatic carbocycles. The Morgan fingerprint density at radius 3 is 2.71 bits per heavy atom. The highest BCUT2D eigenvalue weighted by molar-refractivity contribution is 5.91. The van der Waals surface area contributed by atoms with Crippen LogP contribution in [-0.2, 0) is 6.42 Å². The predicted octanol–water partition coefficient (Wildman–Crippen LogP) is 5.49. The molecule has 0 spiro atoms. The average molecular weight is 457 g/mol. The molecule has 0 saturated heterocycles. The van der Waals surface area contributed by atoms with Gasteiger partial charge >= 0.3 is 6.03 Å². The summed E-state index contributed by atoms with van der Waals surface area (Å²) in [6.07, 6.45) is 0.581. The van der Waals surface area contributed by atoms with E-state index in [9.17, 15) is 9.18 Å². The van der Waals surface area contributed by atoms with Crippen molar-refractivity contribution >= 4 is 22.8 Å². The summed E-state index contributed by atoms with van der Waals surface area (Å²) in [4.78, 5) is 21.2. The second-order valence-corrected chi connectivity index (χ2v) is 7.74. The summed E-state index contributed by atoms with van der Waals surface area (Å²) >= 11 is 0. The molecule has 1 atom stereocenters. The highest BCUT2D eigenvalue weighted by Gasteiger charge is 2.18. The van der Waals surface area contributed by atoms with E-state index in [0.29, 0.717) is 34.7 Å². The zero-order chi connectivity index (χ0) is 23.5. The zero-order valence-corrected chi connectivity index (χ0v) is 18.2. The van der Waals surface area contributed by atoms with E-state index in [1.165, 1.54) is 12.1 Å². The molecule has 2 N–H and O–H groups in total. The summed E-state index contributed by atoms with van der Waals surface area (Å²) < 4.78 is 24.5. The van der Waals surface area contributed by atoms with Gasteiger partial charge in [0.15, 0.2) is 11.5 Å². The molecule has 2 heterocycles. The van der Waals surface area contributed by atoms with Crippen molar-refractivity contribution in [2.45, 2.75) is 19.4 Å². The first-order chi connectivity index (χ1) is 16.5. The van der Waals surface area contributed by atoms with E-state index in [1.807, 2.05) is 30.3 Å².